The second-order valence-corrected chi connectivity index (χ2v) is 6.14. The van der Waals surface area contributed by atoms with Crippen molar-refractivity contribution in [1.82, 2.24) is 0 Å². The second kappa shape index (κ2) is 7.61. The van der Waals surface area contributed by atoms with E-state index < -0.39 is 6.10 Å². The summed E-state index contributed by atoms with van der Waals surface area (Å²) in [6, 6.07) is 5.15. The number of phenols is 1. The molecule has 5 nitrogen and oxygen atoms in total. The molecule has 0 unspecified atom stereocenters. The van der Waals surface area contributed by atoms with E-state index in [1.807, 2.05) is 26.8 Å². The van der Waals surface area contributed by atoms with Gasteiger partial charge >= 0.3 is 0 Å². The molecule has 1 aromatic carbocycles. The molecule has 0 radical (unpaired) electrons. The summed E-state index contributed by atoms with van der Waals surface area (Å²) in [5.74, 6) is -0.142. The van der Waals surface area contributed by atoms with Crippen molar-refractivity contribution in [3.8, 4) is 5.75 Å². The van der Waals surface area contributed by atoms with Crippen LogP contribution in [0.5, 0.6) is 5.75 Å². The van der Waals surface area contributed by atoms with Crippen LogP contribution in [0.3, 0.4) is 0 Å². The van der Waals surface area contributed by atoms with Crippen molar-refractivity contribution in [2.24, 2.45) is 5.92 Å². The molecule has 1 amide bonds. The Morgan fingerprint density at radius 2 is 2.27 bits per heavy atom. The SMILES string of the molecule is Cc1ccc(NC(=O)[C@H](OC[C@H]2CCCO2)C(C)C)c(O)c1. The molecule has 0 bridgehead atoms. The van der Waals surface area contributed by atoms with Gasteiger partial charge < -0.3 is 19.9 Å². The van der Waals surface area contributed by atoms with Crippen molar-refractivity contribution in [2.45, 2.75) is 45.8 Å². The van der Waals surface area contributed by atoms with Gasteiger partial charge in [-0.05, 0) is 43.4 Å². The number of rotatable bonds is 6. The van der Waals surface area contributed by atoms with Gasteiger partial charge in [-0.3, -0.25) is 4.79 Å². The number of aromatic hydroxyl groups is 1. The first kappa shape index (κ1) is 16.8. The second-order valence-electron chi connectivity index (χ2n) is 6.14. The summed E-state index contributed by atoms with van der Waals surface area (Å²) >= 11 is 0. The minimum absolute atomic E-state index is 0.0361. The Morgan fingerprint density at radius 3 is 2.86 bits per heavy atom. The molecule has 0 saturated carbocycles. The molecule has 1 saturated heterocycles. The topological polar surface area (TPSA) is 67.8 Å². The van der Waals surface area contributed by atoms with Crippen molar-refractivity contribution in [3.63, 3.8) is 0 Å². The number of ether oxygens (including phenoxy) is 2. The van der Waals surface area contributed by atoms with Crippen molar-refractivity contribution < 1.29 is 19.4 Å². The van der Waals surface area contributed by atoms with Gasteiger partial charge in [0.2, 0.25) is 0 Å². The zero-order chi connectivity index (χ0) is 16.1. The van der Waals surface area contributed by atoms with E-state index in [0.717, 1.165) is 25.0 Å². The summed E-state index contributed by atoms with van der Waals surface area (Å²) in [5, 5.41) is 12.6. The van der Waals surface area contributed by atoms with Gasteiger partial charge in [-0.25, -0.2) is 0 Å². The number of carbonyl (C=O) groups excluding carboxylic acids is 1. The van der Waals surface area contributed by atoms with E-state index in [1.54, 1.807) is 12.1 Å². The number of amides is 1. The first-order chi connectivity index (χ1) is 10.5. The summed E-state index contributed by atoms with van der Waals surface area (Å²) < 4.78 is 11.3. The maximum Gasteiger partial charge on any atom is 0.253 e. The summed E-state index contributed by atoms with van der Waals surface area (Å²) in [5.41, 5.74) is 1.34. The third-order valence-corrected chi connectivity index (χ3v) is 3.76. The van der Waals surface area contributed by atoms with E-state index in [0.29, 0.717) is 12.3 Å². The van der Waals surface area contributed by atoms with Crippen LogP contribution in [0.25, 0.3) is 0 Å². The number of anilines is 1. The van der Waals surface area contributed by atoms with Gasteiger partial charge in [0.25, 0.3) is 5.91 Å². The molecule has 1 aliphatic heterocycles. The highest BCUT2D eigenvalue weighted by molar-refractivity contribution is 5.95. The number of benzene rings is 1. The molecule has 1 aromatic rings. The molecular weight excluding hydrogens is 282 g/mol. The molecule has 2 N–H and O–H groups in total. The van der Waals surface area contributed by atoms with E-state index >= 15 is 0 Å². The summed E-state index contributed by atoms with van der Waals surface area (Å²) in [7, 11) is 0. The monoisotopic (exact) mass is 307 g/mol. The largest absolute Gasteiger partial charge is 0.506 e. The smallest absolute Gasteiger partial charge is 0.253 e. The molecule has 2 atom stereocenters. The van der Waals surface area contributed by atoms with Gasteiger partial charge in [0.05, 0.1) is 18.4 Å². The molecule has 0 aliphatic carbocycles. The standard InChI is InChI=1S/C17H25NO4/c1-11(2)16(22-10-13-5-4-8-21-13)17(20)18-14-7-6-12(3)9-15(14)19/h6-7,9,11,13,16,19H,4-5,8,10H2,1-3H3,(H,18,20)/t13-,16-/m1/s1. The number of carbonyl (C=O) groups is 1. The predicted octanol–water partition coefficient (Wildman–Crippen LogP) is 2.86. The minimum atomic E-state index is -0.565. The Morgan fingerprint density at radius 1 is 1.50 bits per heavy atom. The maximum absolute atomic E-state index is 12.4. The fraction of sp³-hybridized carbons (Fsp3) is 0.588. The average molecular weight is 307 g/mol. The van der Waals surface area contributed by atoms with Crippen LogP contribution in [0.15, 0.2) is 18.2 Å². The Balaban J connectivity index is 1.96. The van der Waals surface area contributed by atoms with Gasteiger partial charge in [-0.1, -0.05) is 19.9 Å². The zero-order valence-corrected chi connectivity index (χ0v) is 13.5. The predicted molar refractivity (Wildman–Crippen MR) is 85.0 cm³/mol. The number of phenolic OH excluding ortho intramolecular Hbond substituents is 1. The fourth-order valence-corrected chi connectivity index (χ4v) is 2.51. The number of aryl methyl sites for hydroxylation is 1. The van der Waals surface area contributed by atoms with Crippen molar-refractivity contribution in [1.29, 1.82) is 0 Å². The lowest BCUT2D eigenvalue weighted by Gasteiger charge is -2.22. The van der Waals surface area contributed by atoms with Crippen LogP contribution in [-0.2, 0) is 14.3 Å². The Hall–Kier alpha value is -1.59. The van der Waals surface area contributed by atoms with Crippen molar-refractivity contribution in [2.75, 3.05) is 18.5 Å². The highest BCUT2D eigenvalue weighted by Crippen LogP contribution is 2.25. The minimum Gasteiger partial charge on any atom is -0.506 e. The summed E-state index contributed by atoms with van der Waals surface area (Å²) in [4.78, 5) is 12.4. The van der Waals surface area contributed by atoms with Gasteiger partial charge in [0.1, 0.15) is 11.9 Å². The lowest BCUT2D eigenvalue weighted by atomic mass is 10.1. The van der Waals surface area contributed by atoms with Crippen LogP contribution in [-0.4, -0.2) is 36.4 Å². The van der Waals surface area contributed by atoms with Gasteiger partial charge in [0.15, 0.2) is 0 Å². The van der Waals surface area contributed by atoms with Crippen LogP contribution in [0.4, 0.5) is 5.69 Å². The Bertz CT molecular complexity index is 509. The third-order valence-electron chi connectivity index (χ3n) is 3.76. The molecule has 1 fully saturated rings. The molecule has 0 spiro atoms. The fourth-order valence-electron chi connectivity index (χ4n) is 2.51. The molecule has 0 aromatic heterocycles. The summed E-state index contributed by atoms with van der Waals surface area (Å²) in [6.07, 6.45) is 1.54. The first-order valence-electron chi connectivity index (χ1n) is 7.81. The average Bonchev–Trinajstić information content (AvgIpc) is 2.95. The zero-order valence-electron chi connectivity index (χ0n) is 13.5. The van der Waals surface area contributed by atoms with Gasteiger partial charge in [0, 0.05) is 6.61 Å². The summed E-state index contributed by atoms with van der Waals surface area (Å²) in [6.45, 7) is 6.95. The van der Waals surface area contributed by atoms with Crippen LogP contribution in [0.1, 0.15) is 32.3 Å². The maximum atomic E-state index is 12.4. The lowest BCUT2D eigenvalue weighted by Crippen LogP contribution is -2.36. The van der Waals surface area contributed by atoms with Gasteiger partial charge in [-0.15, -0.1) is 0 Å². The molecule has 1 aliphatic rings. The van der Waals surface area contributed by atoms with Gasteiger partial charge in [-0.2, -0.15) is 0 Å². The first-order valence-corrected chi connectivity index (χ1v) is 7.81. The lowest BCUT2D eigenvalue weighted by molar-refractivity contribution is -0.132. The van der Waals surface area contributed by atoms with E-state index in [9.17, 15) is 9.90 Å². The van der Waals surface area contributed by atoms with Crippen LogP contribution < -0.4 is 5.32 Å². The Kier molecular flexibility index (Phi) is 5.80. The van der Waals surface area contributed by atoms with E-state index in [1.165, 1.54) is 0 Å². The number of nitrogens with one attached hydrogen (secondary N) is 1. The third kappa shape index (κ3) is 4.45. The van der Waals surface area contributed by atoms with Crippen LogP contribution in [0.2, 0.25) is 0 Å². The van der Waals surface area contributed by atoms with Crippen molar-refractivity contribution >= 4 is 11.6 Å². The quantitative estimate of drug-likeness (QED) is 0.793. The van der Waals surface area contributed by atoms with E-state index in [-0.39, 0.29) is 23.7 Å². The van der Waals surface area contributed by atoms with Crippen LogP contribution >= 0.6 is 0 Å². The van der Waals surface area contributed by atoms with Crippen molar-refractivity contribution in [3.05, 3.63) is 23.8 Å². The highest BCUT2D eigenvalue weighted by atomic mass is 16.5. The normalized spacial score (nSPS) is 19.4. The molecular formula is C17H25NO4. The highest BCUT2D eigenvalue weighted by Gasteiger charge is 2.26. The van der Waals surface area contributed by atoms with E-state index in [4.69, 9.17) is 9.47 Å². The molecule has 122 valence electrons. The number of hydrogen-bond acceptors (Lipinski definition) is 4. The molecule has 5 heteroatoms. The Labute approximate surface area is 131 Å². The molecule has 2 rings (SSSR count). The number of hydrogen-bond donors (Lipinski definition) is 2. The molecule has 1 heterocycles. The van der Waals surface area contributed by atoms with Crippen LogP contribution in [0, 0.1) is 12.8 Å². The van der Waals surface area contributed by atoms with E-state index in [2.05, 4.69) is 5.32 Å². The molecule has 22 heavy (non-hydrogen) atoms.